The van der Waals surface area contributed by atoms with Crippen LogP contribution in [0.25, 0.3) is 0 Å². The summed E-state index contributed by atoms with van der Waals surface area (Å²) < 4.78 is 0. The van der Waals surface area contributed by atoms with Gasteiger partial charge in [-0.1, -0.05) is 18.2 Å². The second-order valence-electron chi connectivity index (χ2n) is 1.62. The highest BCUT2D eigenvalue weighted by atomic mass is 16.3. The summed E-state index contributed by atoms with van der Waals surface area (Å²) in [6, 6.07) is 0. The Hall–Kier alpha value is -0.560. The highest BCUT2D eigenvalue weighted by molar-refractivity contribution is 5.22. The van der Waals surface area contributed by atoms with Gasteiger partial charge in [-0.15, -0.1) is 0 Å². The molecule has 1 rings (SSSR count). The number of hydrogen-bond acceptors (Lipinski definition) is 1. The van der Waals surface area contributed by atoms with Crippen molar-refractivity contribution in [2.24, 2.45) is 0 Å². The predicted octanol–water partition coefficient (Wildman–Crippen LogP) is 0.865. The van der Waals surface area contributed by atoms with Gasteiger partial charge >= 0.3 is 0 Å². The molecule has 7 heavy (non-hydrogen) atoms. The average Bonchev–Trinajstić information content (AvgIpc) is 2.14. The number of hydrogen-bond donors (Lipinski definition) is 1. The van der Waals surface area contributed by atoms with E-state index >= 15 is 0 Å². The van der Waals surface area contributed by atoms with Crippen LogP contribution >= 0.6 is 0 Å². The van der Waals surface area contributed by atoms with Gasteiger partial charge < -0.3 is 5.11 Å². The van der Waals surface area contributed by atoms with Crippen LogP contribution in [-0.4, -0.2) is 11.7 Å². The van der Waals surface area contributed by atoms with Crippen LogP contribution in [0.5, 0.6) is 0 Å². The lowest BCUT2D eigenvalue weighted by Gasteiger charge is -1.88. The average molecular weight is 96.1 g/mol. The minimum absolute atomic E-state index is 0.215. The van der Waals surface area contributed by atoms with Gasteiger partial charge in [0.05, 0.1) is 6.61 Å². The zero-order valence-corrected chi connectivity index (χ0v) is 4.09. The number of aliphatic hydroxyl groups is 1. The van der Waals surface area contributed by atoms with Gasteiger partial charge in [-0.3, -0.25) is 0 Å². The topological polar surface area (TPSA) is 20.2 Å². The molecule has 1 heteroatoms. The van der Waals surface area contributed by atoms with E-state index in [9.17, 15) is 0 Å². The lowest BCUT2D eigenvalue weighted by molar-refractivity contribution is 0.329. The molecule has 0 aromatic rings. The lowest BCUT2D eigenvalue weighted by Crippen LogP contribution is -1.82. The zero-order valence-electron chi connectivity index (χ0n) is 4.09. The van der Waals surface area contributed by atoms with E-state index in [1.165, 1.54) is 0 Å². The predicted molar refractivity (Wildman–Crippen MR) is 28.9 cm³/mol. The van der Waals surface area contributed by atoms with Crippen LogP contribution in [0.3, 0.4) is 0 Å². The van der Waals surface area contributed by atoms with Crippen molar-refractivity contribution in [2.75, 3.05) is 6.61 Å². The molecule has 0 saturated carbocycles. The van der Waals surface area contributed by atoms with Gasteiger partial charge in [-0.2, -0.15) is 0 Å². The highest BCUT2D eigenvalue weighted by Crippen LogP contribution is 2.07. The molecule has 0 fully saturated rings. The van der Waals surface area contributed by atoms with Crippen LogP contribution in [0.1, 0.15) is 6.42 Å². The van der Waals surface area contributed by atoms with Gasteiger partial charge in [-0.05, 0) is 12.0 Å². The molecule has 0 bridgehead atoms. The van der Waals surface area contributed by atoms with E-state index in [0.29, 0.717) is 0 Å². The van der Waals surface area contributed by atoms with Crippen LogP contribution in [-0.2, 0) is 0 Å². The van der Waals surface area contributed by atoms with E-state index in [2.05, 4.69) is 0 Å². The molecule has 1 aliphatic carbocycles. The van der Waals surface area contributed by atoms with Crippen molar-refractivity contribution in [3.05, 3.63) is 23.8 Å². The Balaban J connectivity index is 2.45. The Morgan fingerprint density at radius 1 is 1.71 bits per heavy atom. The Morgan fingerprint density at radius 2 is 2.57 bits per heavy atom. The van der Waals surface area contributed by atoms with Gasteiger partial charge in [0.15, 0.2) is 0 Å². The van der Waals surface area contributed by atoms with Crippen LogP contribution in [0.2, 0.25) is 0 Å². The summed E-state index contributed by atoms with van der Waals surface area (Å²) >= 11 is 0. The van der Waals surface area contributed by atoms with Gasteiger partial charge in [0, 0.05) is 0 Å². The largest absolute Gasteiger partial charge is 0.392 e. The molecule has 38 valence electrons. The van der Waals surface area contributed by atoms with Crippen molar-refractivity contribution in [3.63, 3.8) is 0 Å². The summed E-state index contributed by atoms with van der Waals surface area (Å²) in [5.41, 5.74) is 1.11. The third kappa shape index (κ3) is 0.904. The van der Waals surface area contributed by atoms with E-state index in [1.54, 1.807) is 0 Å². The Kier molecular flexibility index (Phi) is 1.27. The summed E-state index contributed by atoms with van der Waals surface area (Å²) in [5, 5.41) is 8.46. The minimum Gasteiger partial charge on any atom is -0.392 e. The van der Waals surface area contributed by atoms with Gasteiger partial charge in [0.25, 0.3) is 0 Å². The molecule has 1 aliphatic rings. The summed E-state index contributed by atoms with van der Waals surface area (Å²) in [6.45, 7) is 0.215. The molecule has 0 saturated heterocycles. The van der Waals surface area contributed by atoms with Crippen LogP contribution in [0.4, 0.5) is 0 Å². The molecule has 1 nitrogen and oxygen atoms in total. The molecule has 0 atom stereocenters. The monoisotopic (exact) mass is 96.1 g/mol. The van der Waals surface area contributed by atoms with Crippen molar-refractivity contribution >= 4 is 0 Å². The second kappa shape index (κ2) is 1.94. The van der Waals surface area contributed by atoms with E-state index in [0.717, 1.165) is 12.0 Å². The molecular formula is C6H8O. The van der Waals surface area contributed by atoms with E-state index in [-0.39, 0.29) is 6.61 Å². The zero-order chi connectivity index (χ0) is 5.11. The molecule has 0 aromatic heterocycles. The Labute approximate surface area is 43.0 Å². The first kappa shape index (κ1) is 4.60. The van der Waals surface area contributed by atoms with Gasteiger partial charge in [0.2, 0.25) is 0 Å². The number of allylic oxidation sites excluding steroid dienone is 3. The quantitative estimate of drug-likeness (QED) is 0.513. The Bertz CT molecular complexity index is 111. The normalized spacial score (nSPS) is 17.6. The summed E-state index contributed by atoms with van der Waals surface area (Å²) in [6.07, 6.45) is 6.88. The lowest BCUT2D eigenvalue weighted by atomic mass is 10.3. The first-order valence-electron chi connectivity index (χ1n) is 2.39. The molecule has 0 aromatic carbocycles. The maximum absolute atomic E-state index is 8.46. The van der Waals surface area contributed by atoms with Crippen LogP contribution in [0.15, 0.2) is 23.8 Å². The van der Waals surface area contributed by atoms with Crippen LogP contribution in [0, 0.1) is 0 Å². The number of rotatable bonds is 1. The summed E-state index contributed by atoms with van der Waals surface area (Å²) in [5.74, 6) is 0. The third-order valence-corrected chi connectivity index (χ3v) is 1.05. The fourth-order valence-electron chi connectivity index (χ4n) is 0.609. The standard InChI is InChI=1S/C6H8O/c7-5-6-3-1-2-4-6/h1-3,7H,4-5H2. The van der Waals surface area contributed by atoms with Crippen molar-refractivity contribution in [2.45, 2.75) is 6.42 Å². The first-order chi connectivity index (χ1) is 3.43. The molecule has 0 radical (unpaired) electrons. The van der Waals surface area contributed by atoms with Crippen molar-refractivity contribution < 1.29 is 5.11 Å². The third-order valence-electron chi connectivity index (χ3n) is 1.05. The molecular weight excluding hydrogens is 88.1 g/mol. The van der Waals surface area contributed by atoms with Crippen molar-refractivity contribution in [1.29, 1.82) is 0 Å². The van der Waals surface area contributed by atoms with Crippen LogP contribution < -0.4 is 0 Å². The smallest absolute Gasteiger partial charge is 0.0647 e. The fourth-order valence-corrected chi connectivity index (χ4v) is 0.609. The molecule has 0 spiro atoms. The highest BCUT2D eigenvalue weighted by Gasteiger charge is 1.93. The molecule has 0 heterocycles. The van der Waals surface area contributed by atoms with Gasteiger partial charge in [0.1, 0.15) is 0 Å². The summed E-state index contributed by atoms with van der Waals surface area (Å²) in [7, 11) is 0. The van der Waals surface area contributed by atoms with Gasteiger partial charge in [-0.25, -0.2) is 0 Å². The van der Waals surface area contributed by atoms with E-state index < -0.39 is 0 Å². The Morgan fingerprint density at radius 3 is 2.86 bits per heavy atom. The SMILES string of the molecule is OCC1=CC=CC1. The second-order valence-corrected chi connectivity index (χ2v) is 1.62. The van der Waals surface area contributed by atoms with Crippen molar-refractivity contribution in [3.8, 4) is 0 Å². The first-order valence-corrected chi connectivity index (χ1v) is 2.39. The molecule has 1 N–H and O–H groups in total. The maximum atomic E-state index is 8.46. The van der Waals surface area contributed by atoms with E-state index in [4.69, 9.17) is 5.11 Å². The number of aliphatic hydroxyl groups excluding tert-OH is 1. The minimum atomic E-state index is 0.215. The molecule has 0 aliphatic heterocycles. The van der Waals surface area contributed by atoms with E-state index in [1.807, 2.05) is 18.2 Å². The molecule has 0 unspecified atom stereocenters. The molecule has 0 amide bonds. The summed E-state index contributed by atoms with van der Waals surface area (Å²) in [4.78, 5) is 0. The fraction of sp³-hybridized carbons (Fsp3) is 0.333. The maximum Gasteiger partial charge on any atom is 0.0647 e. The van der Waals surface area contributed by atoms with Crippen molar-refractivity contribution in [1.82, 2.24) is 0 Å².